The first kappa shape index (κ1) is 19.7. The Balaban J connectivity index is 1.65. The molecule has 1 atom stereocenters. The maximum Gasteiger partial charge on any atom is 0.234 e. The van der Waals surface area contributed by atoms with Crippen LogP contribution in [-0.4, -0.2) is 53.2 Å². The summed E-state index contributed by atoms with van der Waals surface area (Å²) in [7, 11) is 0. The maximum atomic E-state index is 14.7. The molecule has 27 heavy (non-hydrogen) atoms. The Bertz CT molecular complexity index is 717. The van der Waals surface area contributed by atoms with Crippen molar-refractivity contribution in [1.29, 1.82) is 0 Å². The number of rotatable bonds is 5. The van der Waals surface area contributed by atoms with Gasteiger partial charge < -0.3 is 15.3 Å². The number of carbonyl (C=O) groups excluding carboxylic acids is 2. The molecule has 2 aliphatic rings. The lowest BCUT2D eigenvalue weighted by atomic mass is 9.90. The van der Waals surface area contributed by atoms with Crippen LogP contribution in [0.25, 0.3) is 0 Å². The molecule has 1 unspecified atom stereocenters. The van der Waals surface area contributed by atoms with Crippen LogP contribution in [0.3, 0.4) is 0 Å². The zero-order valence-electron chi connectivity index (χ0n) is 15.8. The molecule has 0 saturated carbocycles. The summed E-state index contributed by atoms with van der Waals surface area (Å²) in [5.74, 6) is -1.49. The number of carbonyl (C=O) groups is 2. The lowest BCUT2D eigenvalue weighted by Crippen LogP contribution is -2.51. The minimum absolute atomic E-state index is 0.241. The van der Waals surface area contributed by atoms with Crippen molar-refractivity contribution in [2.24, 2.45) is 0 Å². The zero-order valence-corrected chi connectivity index (χ0v) is 15.8. The van der Waals surface area contributed by atoms with Crippen LogP contribution in [0, 0.1) is 5.82 Å². The van der Waals surface area contributed by atoms with Crippen molar-refractivity contribution in [3.05, 3.63) is 23.6 Å². The molecule has 0 radical (unpaired) electrons. The Morgan fingerprint density at radius 2 is 2.11 bits per heavy atom. The van der Waals surface area contributed by atoms with Gasteiger partial charge in [0, 0.05) is 38.3 Å². The van der Waals surface area contributed by atoms with Gasteiger partial charge in [0.25, 0.3) is 0 Å². The fraction of sp³-hybridized carbons (Fsp3) is 0.632. The van der Waals surface area contributed by atoms with E-state index in [0.717, 1.165) is 0 Å². The van der Waals surface area contributed by atoms with E-state index in [0.29, 0.717) is 50.5 Å². The zero-order chi connectivity index (χ0) is 19.6. The second-order valence-electron chi connectivity index (χ2n) is 7.82. The van der Waals surface area contributed by atoms with Crippen LogP contribution in [-0.2, 0) is 9.59 Å². The van der Waals surface area contributed by atoms with Gasteiger partial charge in [0.15, 0.2) is 11.6 Å². The van der Waals surface area contributed by atoms with Gasteiger partial charge in [0.1, 0.15) is 0 Å². The molecule has 7 nitrogen and oxygen atoms in total. The number of hydrogen-bond donors (Lipinski definition) is 3. The average Bonchev–Trinajstić information content (AvgIpc) is 2.61. The molecule has 148 valence electrons. The van der Waals surface area contributed by atoms with Gasteiger partial charge in [-0.2, -0.15) is 0 Å². The first-order valence-electron chi connectivity index (χ1n) is 9.47. The summed E-state index contributed by atoms with van der Waals surface area (Å²) in [5.41, 5.74) is -0.305. The number of amides is 2. The fourth-order valence-corrected chi connectivity index (χ4v) is 3.59. The summed E-state index contributed by atoms with van der Waals surface area (Å²) in [6, 6.07) is 1.63. The second-order valence-corrected chi connectivity index (χ2v) is 7.82. The summed E-state index contributed by atoms with van der Waals surface area (Å²) in [5, 5.41) is 16.2. The first-order chi connectivity index (χ1) is 12.8. The summed E-state index contributed by atoms with van der Waals surface area (Å²) in [4.78, 5) is 29.3. The van der Waals surface area contributed by atoms with Crippen LogP contribution >= 0.6 is 0 Å². The van der Waals surface area contributed by atoms with Crippen molar-refractivity contribution in [3.8, 4) is 0 Å². The van der Waals surface area contributed by atoms with Crippen LogP contribution < -0.4 is 15.5 Å². The Hall–Kier alpha value is -2.06. The van der Waals surface area contributed by atoms with Crippen LogP contribution in [0.4, 0.5) is 10.2 Å². The van der Waals surface area contributed by atoms with Gasteiger partial charge in [-0.05, 0) is 30.9 Å². The molecule has 2 saturated heterocycles. The van der Waals surface area contributed by atoms with E-state index >= 15 is 0 Å². The number of pyridine rings is 1. The van der Waals surface area contributed by atoms with E-state index in [1.807, 2.05) is 18.7 Å². The summed E-state index contributed by atoms with van der Waals surface area (Å²) < 4.78 is 14.7. The number of hydrogen-bond acceptors (Lipinski definition) is 6. The highest BCUT2D eigenvalue weighted by Crippen LogP contribution is 2.30. The predicted octanol–water partition coefficient (Wildman–Crippen LogP) is 1.07. The van der Waals surface area contributed by atoms with Crippen molar-refractivity contribution in [2.75, 3.05) is 24.5 Å². The van der Waals surface area contributed by atoms with Crippen molar-refractivity contribution in [1.82, 2.24) is 15.6 Å². The molecule has 2 aliphatic heterocycles. The number of nitrogens with one attached hydrogen (secondary N) is 2. The normalized spacial score (nSPS) is 22.9. The molecular weight excluding hydrogens is 351 g/mol. The SMILES string of the molecule is CC(C)NCC1(O)CCN(c2ncc(C3CCC(=O)NC3=O)cc2F)CC1. The summed E-state index contributed by atoms with van der Waals surface area (Å²) in [6.45, 7) is 5.60. The van der Waals surface area contributed by atoms with E-state index < -0.39 is 23.2 Å². The summed E-state index contributed by atoms with van der Waals surface area (Å²) >= 11 is 0. The molecule has 0 bridgehead atoms. The van der Waals surface area contributed by atoms with Gasteiger partial charge >= 0.3 is 0 Å². The predicted molar refractivity (Wildman–Crippen MR) is 98.9 cm³/mol. The Morgan fingerprint density at radius 1 is 1.41 bits per heavy atom. The van der Waals surface area contributed by atoms with E-state index in [4.69, 9.17) is 0 Å². The molecule has 1 aromatic heterocycles. The summed E-state index contributed by atoms with van der Waals surface area (Å²) in [6.07, 6.45) is 3.19. The molecule has 8 heteroatoms. The molecular formula is C19H27FN4O3. The third-order valence-corrected chi connectivity index (χ3v) is 5.32. The topological polar surface area (TPSA) is 94.6 Å². The van der Waals surface area contributed by atoms with Crippen LogP contribution in [0.15, 0.2) is 12.3 Å². The molecule has 1 aromatic rings. The van der Waals surface area contributed by atoms with Crippen LogP contribution in [0.1, 0.15) is 51.0 Å². The lowest BCUT2D eigenvalue weighted by molar-refractivity contribution is -0.134. The third kappa shape index (κ3) is 4.62. The number of piperidine rings is 2. The highest BCUT2D eigenvalue weighted by atomic mass is 19.1. The highest BCUT2D eigenvalue weighted by Gasteiger charge is 2.34. The van der Waals surface area contributed by atoms with Crippen molar-refractivity contribution in [2.45, 2.75) is 57.1 Å². The number of nitrogens with zero attached hydrogens (tertiary/aromatic N) is 2. The van der Waals surface area contributed by atoms with Crippen molar-refractivity contribution < 1.29 is 19.1 Å². The molecule has 0 aromatic carbocycles. The van der Waals surface area contributed by atoms with Crippen molar-refractivity contribution in [3.63, 3.8) is 0 Å². The average molecular weight is 378 g/mol. The largest absolute Gasteiger partial charge is 0.388 e. The van der Waals surface area contributed by atoms with E-state index in [1.165, 1.54) is 12.3 Å². The van der Waals surface area contributed by atoms with Gasteiger partial charge in [-0.15, -0.1) is 0 Å². The third-order valence-electron chi connectivity index (χ3n) is 5.32. The molecule has 2 fully saturated rings. The van der Waals surface area contributed by atoms with Gasteiger partial charge in [0.2, 0.25) is 11.8 Å². The smallest absolute Gasteiger partial charge is 0.234 e. The van der Waals surface area contributed by atoms with E-state index in [-0.39, 0.29) is 18.1 Å². The Labute approximate surface area is 158 Å². The van der Waals surface area contributed by atoms with Crippen LogP contribution in [0.5, 0.6) is 0 Å². The molecule has 3 heterocycles. The molecule has 3 N–H and O–H groups in total. The number of aromatic nitrogens is 1. The number of anilines is 1. The molecule has 2 amide bonds. The van der Waals surface area contributed by atoms with E-state index in [2.05, 4.69) is 15.6 Å². The molecule has 0 spiro atoms. The fourth-order valence-electron chi connectivity index (χ4n) is 3.59. The number of halogens is 1. The monoisotopic (exact) mass is 378 g/mol. The maximum absolute atomic E-state index is 14.7. The van der Waals surface area contributed by atoms with E-state index in [1.54, 1.807) is 0 Å². The molecule has 3 rings (SSSR count). The van der Waals surface area contributed by atoms with Gasteiger partial charge in [-0.3, -0.25) is 14.9 Å². The quantitative estimate of drug-likeness (QED) is 0.664. The van der Waals surface area contributed by atoms with Crippen LogP contribution in [0.2, 0.25) is 0 Å². The first-order valence-corrected chi connectivity index (χ1v) is 9.47. The highest BCUT2D eigenvalue weighted by molar-refractivity contribution is 6.00. The van der Waals surface area contributed by atoms with Crippen molar-refractivity contribution >= 4 is 17.6 Å². The Morgan fingerprint density at radius 3 is 2.70 bits per heavy atom. The van der Waals surface area contributed by atoms with Gasteiger partial charge in [-0.25, -0.2) is 9.37 Å². The standard InChI is InChI=1S/C19H27FN4O3/c1-12(2)22-11-19(27)5-7-24(8-6-19)17-15(20)9-13(10-21-17)14-3-4-16(25)23-18(14)26/h9-10,12,14,22,27H,3-8,11H2,1-2H3,(H,23,25,26). The van der Waals surface area contributed by atoms with Gasteiger partial charge in [-0.1, -0.05) is 13.8 Å². The molecule has 0 aliphatic carbocycles. The number of aliphatic hydroxyl groups is 1. The minimum Gasteiger partial charge on any atom is -0.388 e. The van der Waals surface area contributed by atoms with Gasteiger partial charge in [0.05, 0.1) is 11.5 Å². The Kier molecular flexibility index (Phi) is 5.76. The second kappa shape index (κ2) is 7.90. The lowest BCUT2D eigenvalue weighted by Gasteiger charge is -2.39. The van der Waals surface area contributed by atoms with E-state index in [9.17, 15) is 19.1 Å². The minimum atomic E-state index is -0.788. The number of imide groups is 1.